The van der Waals surface area contributed by atoms with Gasteiger partial charge in [-0.15, -0.1) is 0 Å². The molecule has 5 heteroatoms. The van der Waals surface area contributed by atoms with E-state index in [0.717, 1.165) is 11.1 Å². The van der Waals surface area contributed by atoms with Gasteiger partial charge in [0.1, 0.15) is 11.6 Å². The van der Waals surface area contributed by atoms with Crippen molar-refractivity contribution in [3.8, 4) is 5.75 Å². The molecule has 0 amide bonds. The van der Waals surface area contributed by atoms with Crippen LogP contribution in [0.5, 0.6) is 5.75 Å². The maximum absolute atomic E-state index is 12.7. The normalized spacial score (nSPS) is 10.0. The molecular weight excluding hydrogens is 288 g/mol. The van der Waals surface area contributed by atoms with Gasteiger partial charge >= 0.3 is 0 Å². The van der Waals surface area contributed by atoms with Crippen molar-refractivity contribution >= 4 is 11.6 Å². The van der Waals surface area contributed by atoms with Gasteiger partial charge in [-0.1, -0.05) is 23.7 Å². The van der Waals surface area contributed by atoms with Gasteiger partial charge < -0.3 is 22.8 Å². The SMILES string of the molecule is Oc1ccc(Cl)cc1CNCc1ccc(F)cc1.[Cl-]. The summed E-state index contributed by atoms with van der Waals surface area (Å²) in [6, 6.07) is 11.2. The van der Waals surface area contributed by atoms with Crippen LogP contribution in [0.15, 0.2) is 42.5 Å². The molecule has 102 valence electrons. The lowest BCUT2D eigenvalue weighted by molar-refractivity contribution is -0.00000517. The lowest BCUT2D eigenvalue weighted by Gasteiger charge is -2.07. The molecule has 0 aliphatic rings. The average molecular weight is 301 g/mol. The molecule has 0 aliphatic heterocycles. The van der Waals surface area contributed by atoms with E-state index in [4.69, 9.17) is 11.6 Å². The zero-order valence-corrected chi connectivity index (χ0v) is 11.5. The van der Waals surface area contributed by atoms with Gasteiger partial charge in [0.05, 0.1) is 0 Å². The van der Waals surface area contributed by atoms with Gasteiger partial charge in [0.2, 0.25) is 0 Å². The third kappa shape index (κ3) is 4.71. The first kappa shape index (κ1) is 15.8. The van der Waals surface area contributed by atoms with E-state index in [1.54, 1.807) is 30.3 Å². The first-order chi connectivity index (χ1) is 8.65. The van der Waals surface area contributed by atoms with Crippen molar-refractivity contribution in [1.29, 1.82) is 0 Å². The molecule has 0 saturated heterocycles. The van der Waals surface area contributed by atoms with Crippen LogP contribution in [0.2, 0.25) is 5.02 Å². The molecule has 0 aliphatic carbocycles. The van der Waals surface area contributed by atoms with Crippen molar-refractivity contribution in [2.45, 2.75) is 13.1 Å². The summed E-state index contributed by atoms with van der Waals surface area (Å²) in [5, 5.41) is 13.4. The highest BCUT2D eigenvalue weighted by molar-refractivity contribution is 6.30. The van der Waals surface area contributed by atoms with Crippen LogP contribution < -0.4 is 17.7 Å². The summed E-state index contributed by atoms with van der Waals surface area (Å²) in [6.07, 6.45) is 0. The Bertz CT molecular complexity index is 531. The second kappa shape index (κ2) is 7.34. The Morgan fingerprint density at radius 1 is 1.05 bits per heavy atom. The molecule has 19 heavy (non-hydrogen) atoms. The molecule has 2 rings (SSSR count). The van der Waals surface area contributed by atoms with E-state index in [9.17, 15) is 9.50 Å². The van der Waals surface area contributed by atoms with Gasteiger partial charge in [0.15, 0.2) is 0 Å². The Balaban J connectivity index is 0.00000180. The number of aromatic hydroxyl groups is 1. The zero-order valence-electron chi connectivity index (χ0n) is 10.0. The van der Waals surface area contributed by atoms with Crippen LogP contribution >= 0.6 is 11.6 Å². The molecule has 0 aromatic heterocycles. The number of hydrogen-bond acceptors (Lipinski definition) is 2. The number of hydrogen-bond donors (Lipinski definition) is 2. The van der Waals surface area contributed by atoms with Crippen LogP contribution in [0.1, 0.15) is 11.1 Å². The lowest BCUT2D eigenvalue weighted by atomic mass is 10.2. The second-order valence-electron chi connectivity index (χ2n) is 4.00. The topological polar surface area (TPSA) is 32.3 Å². The summed E-state index contributed by atoms with van der Waals surface area (Å²) in [5.74, 6) is -0.0303. The first-order valence-corrected chi connectivity index (χ1v) is 5.95. The highest BCUT2D eigenvalue weighted by Gasteiger charge is 2.01. The van der Waals surface area contributed by atoms with E-state index < -0.39 is 0 Å². The largest absolute Gasteiger partial charge is 1.00 e. The predicted octanol–water partition coefficient (Wildman–Crippen LogP) is 0.478. The van der Waals surface area contributed by atoms with Gasteiger partial charge in [-0.3, -0.25) is 0 Å². The van der Waals surface area contributed by atoms with E-state index in [-0.39, 0.29) is 24.0 Å². The predicted molar refractivity (Wildman–Crippen MR) is 70.1 cm³/mol. The van der Waals surface area contributed by atoms with Gasteiger partial charge in [-0.05, 0) is 35.9 Å². The highest BCUT2D eigenvalue weighted by atomic mass is 35.5. The Hall–Kier alpha value is -1.29. The first-order valence-electron chi connectivity index (χ1n) is 5.58. The minimum Gasteiger partial charge on any atom is -1.00 e. The molecule has 0 fully saturated rings. The number of phenols is 1. The smallest absolute Gasteiger partial charge is 0.123 e. The maximum atomic E-state index is 12.7. The molecule has 2 nitrogen and oxygen atoms in total. The zero-order chi connectivity index (χ0) is 13.0. The Morgan fingerprint density at radius 2 is 1.74 bits per heavy atom. The molecule has 0 unspecified atom stereocenters. The van der Waals surface area contributed by atoms with E-state index >= 15 is 0 Å². The summed E-state index contributed by atoms with van der Waals surface area (Å²) in [7, 11) is 0. The Morgan fingerprint density at radius 3 is 2.42 bits per heavy atom. The second-order valence-corrected chi connectivity index (χ2v) is 4.44. The summed E-state index contributed by atoms with van der Waals surface area (Å²) in [6.45, 7) is 1.11. The third-order valence-electron chi connectivity index (χ3n) is 2.60. The molecule has 0 radical (unpaired) electrons. The van der Waals surface area contributed by atoms with E-state index in [1.807, 2.05) is 0 Å². The fourth-order valence-electron chi connectivity index (χ4n) is 1.64. The molecule has 2 aromatic carbocycles. The fraction of sp³-hybridized carbons (Fsp3) is 0.143. The van der Waals surface area contributed by atoms with Gasteiger partial charge in [-0.2, -0.15) is 0 Å². The minimum atomic E-state index is -0.244. The number of nitrogens with one attached hydrogen (secondary N) is 1. The molecule has 0 atom stereocenters. The molecule has 0 spiro atoms. The molecule has 0 saturated carbocycles. The van der Waals surface area contributed by atoms with Crippen molar-refractivity contribution < 1.29 is 21.9 Å². The number of benzene rings is 2. The van der Waals surface area contributed by atoms with Gasteiger partial charge in [0.25, 0.3) is 0 Å². The summed E-state index contributed by atoms with van der Waals surface area (Å²) in [4.78, 5) is 0. The quantitative estimate of drug-likeness (QED) is 0.861. The van der Waals surface area contributed by atoms with Crippen molar-refractivity contribution in [3.63, 3.8) is 0 Å². The van der Waals surface area contributed by atoms with Crippen LogP contribution in [0, 0.1) is 5.82 Å². The summed E-state index contributed by atoms with van der Waals surface area (Å²) >= 11 is 5.85. The van der Waals surface area contributed by atoms with Crippen molar-refractivity contribution in [1.82, 2.24) is 5.32 Å². The molecule has 0 heterocycles. The van der Waals surface area contributed by atoms with E-state index in [1.165, 1.54) is 12.1 Å². The van der Waals surface area contributed by atoms with Crippen LogP contribution in [0.4, 0.5) is 4.39 Å². The van der Waals surface area contributed by atoms with Crippen molar-refractivity contribution in [3.05, 3.63) is 64.4 Å². The summed E-state index contributed by atoms with van der Waals surface area (Å²) < 4.78 is 12.7. The van der Waals surface area contributed by atoms with Crippen molar-refractivity contribution in [2.75, 3.05) is 0 Å². The Labute approximate surface area is 122 Å². The lowest BCUT2D eigenvalue weighted by Crippen LogP contribution is -3.00. The van der Waals surface area contributed by atoms with Crippen LogP contribution in [0.3, 0.4) is 0 Å². The standard InChI is InChI=1S/C14H13ClFNO.ClH/c15-12-3-6-14(18)11(7-12)9-17-8-10-1-4-13(16)5-2-10;/h1-7,17-18H,8-9H2;1H/p-1. The third-order valence-corrected chi connectivity index (χ3v) is 2.83. The average Bonchev–Trinajstić information content (AvgIpc) is 2.36. The van der Waals surface area contributed by atoms with E-state index in [2.05, 4.69) is 5.32 Å². The molecule has 2 aromatic rings. The number of halogens is 3. The Kier molecular flexibility index (Phi) is 6.09. The number of phenolic OH excluding ortho intramolecular Hbond substituents is 1. The molecular formula is C14H13Cl2FNO-. The van der Waals surface area contributed by atoms with Crippen molar-refractivity contribution in [2.24, 2.45) is 0 Å². The van der Waals surface area contributed by atoms with Crippen LogP contribution in [0.25, 0.3) is 0 Å². The highest BCUT2D eigenvalue weighted by Crippen LogP contribution is 2.21. The van der Waals surface area contributed by atoms with Gasteiger partial charge in [0, 0.05) is 23.7 Å². The maximum Gasteiger partial charge on any atom is 0.123 e. The van der Waals surface area contributed by atoms with Crippen LogP contribution in [-0.4, -0.2) is 5.11 Å². The minimum absolute atomic E-state index is 0. The molecule has 0 bridgehead atoms. The fourth-order valence-corrected chi connectivity index (χ4v) is 1.83. The molecule has 2 N–H and O–H groups in total. The monoisotopic (exact) mass is 300 g/mol. The number of rotatable bonds is 4. The summed E-state index contributed by atoms with van der Waals surface area (Å²) in [5.41, 5.74) is 1.72. The van der Waals surface area contributed by atoms with E-state index in [0.29, 0.717) is 18.1 Å². The van der Waals surface area contributed by atoms with Gasteiger partial charge in [-0.25, -0.2) is 4.39 Å². The van der Waals surface area contributed by atoms with Crippen LogP contribution in [-0.2, 0) is 13.1 Å².